The smallest absolute Gasteiger partial charge is 0.142 e. The maximum absolute atomic E-state index is 13.0. The van der Waals surface area contributed by atoms with Crippen LogP contribution in [0.5, 0.6) is 0 Å². The third-order valence-electron chi connectivity index (χ3n) is 2.08. The van der Waals surface area contributed by atoms with E-state index >= 15 is 0 Å². The quantitative estimate of drug-likeness (QED) is 0.345. The minimum Gasteiger partial charge on any atom is -0.308 e. The van der Waals surface area contributed by atoms with E-state index in [-0.39, 0.29) is 5.82 Å². The van der Waals surface area contributed by atoms with Gasteiger partial charge < -0.3 is 5.43 Å². The van der Waals surface area contributed by atoms with Gasteiger partial charge >= 0.3 is 0 Å². The number of hydrogen-bond acceptors (Lipinski definition) is 2. The lowest BCUT2D eigenvalue weighted by Crippen LogP contribution is -2.32. The number of amidine groups is 1. The van der Waals surface area contributed by atoms with Gasteiger partial charge in [-0.25, -0.2) is 10.2 Å². The highest BCUT2D eigenvalue weighted by molar-refractivity contribution is 5.99. The van der Waals surface area contributed by atoms with Gasteiger partial charge in [0.15, 0.2) is 0 Å². The molecule has 0 amide bonds. The molecule has 0 aliphatic rings. The number of aliphatic imine (C=N–C) groups is 1. The first-order chi connectivity index (χ1) is 7.19. The Bertz CT molecular complexity index is 361. The summed E-state index contributed by atoms with van der Waals surface area (Å²) in [5, 5.41) is 0. The summed E-state index contributed by atoms with van der Waals surface area (Å²) in [5.74, 6) is 5.61. The number of rotatable bonds is 3. The van der Waals surface area contributed by atoms with Crippen molar-refractivity contribution in [3.05, 3.63) is 35.1 Å². The predicted octanol–water partition coefficient (Wildman–Crippen LogP) is 1.75. The summed E-state index contributed by atoms with van der Waals surface area (Å²) in [4.78, 5) is 4.25. The first-order valence-electron chi connectivity index (χ1n) is 4.96. The second kappa shape index (κ2) is 5.46. The Morgan fingerprint density at radius 1 is 1.53 bits per heavy atom. The number of benzene rings is 1. The zero-order chi connectivity index (χ0) is 11.3. The van der Waals surface area contributed by atoms with Crippen LogP contribution in [0.15, 0.2) is 23.2 Å². The van der Waals surface area contributed by atoms with Crippen LogP contribution in [0.3, 0.4) is 0 Å². The standard InChI is InChI=1S/C11H16FN3/c1-3-6-14-11(15-13)10-7-9(12)5-4-8(10)2/h4-5,7H,3,6,13H2,1-2H3,(H,14,15). The number of nitrogens with zero attached hydrogens (tertiary/aromatic N) is 1. The number of aryl methyl sites for hydroxylation is 1. The predicted molar refractivity (Wildman–Crippen MR) is 60.2 cm³/mol. The van der Waals surface area contributed by atoms with Crippen molar-refractivity contribution in [1.29, 1.82) is 0 Å². The molecule has 15 heavy (non-hydrogen) atoms. The Morgan fingerprint density at radius 2 is 2.27 bits per heavy atom. The summed E-state index contributed by atoms with van der Waals surface area (Å²) < 4.78 is 13.0. The molecular weight excluding hydrogens is 193 g/mol. The Kier molecular flexibility index (Phi) is 4.24. The van der Waals surface area contributed by atoms with Crippen LogP contribution in [0, 0.1) is 12.7 Å². The summed E-state index contributed by atoms with van der Waals surface area (Å²) in [7, 11) is 0. The number of nitrogens with two attached hydrogens (primary N) is 1. The molecule has 0 aliphatic carbocycles. The van der Waals surface area contributed by atoms with Crippen LogP contribution in [0.1, 0.15) is 24.5 Å². The molecule has 0 aromatic heterocycles. The first-order valence-corrected chi connectivity index (χ1v) is 4.96. The fourth-order valence-corrected chi connectivity index (χ4v) is 1.28. The maximum atomic E-state index is 13.0. The van der Waals surface area contributed by atoms with Gasteiger partial charge in [-0.15, -0.1) is 0 Å². The molecule has 1 aromatic rings. The Labute approximate surface area is 89.2 Å². The zero-order valence-electron chi connectivity index (χ0n) is 9.05. The summed E-state index contributed by atoms with van der Waals surface area (Å²) >= 11 is 0. The lowest BCUT2D eigenvalue weighted by Gasteiger charge is -2.08. The Balaban J connectivity index is 3.05. The van der Waals surface area contributed by atoms with Crippen molar-refractivity contribution in [3.63, 3.8) is 0 Å². The normalized spacial score (nSPS) is 11.6. The minimum absolute atomic E-state index is 0.282. The third kappa shape index (κ3) is 3.02. The van der Waals surface area contributed by atoms with Crippen molar-refractivity contribution in [2.45, 2.75) is 20.3 Å². The summed E-state index contributed by atoms with van der Waals surface area (Å²) in [5.41, 5.74) is 4.17. The van der Waals surface area contributed by atoms with Crippen molar-refractivity contribution >= 4 is 5.84 Å². The zero-order valence-corrected chi connectivity index (χ0v) is 9.05. The monoisotopic (exact) mass is 209 g/mol. The van der Waals surface area contributed by atoms with Crippen molar-refractivity contribution in [2.24, 2.45) is 10.8 Å². The second-order valence-corrected chi connectivity index (χ2v) is 3.33. The molecule has 0 atom stereocenters. The van der Waals surface area contributed by atoms with Crippen LogP contribution in [0.2, 0.25) is 0 Å². The van der Waals surface area contributed by atoms with E-state index in [2.05, 4.69) is 10.4 Å². The maximum Gasteiger partial charge on any atom is 0.142 e. The van der Waals surface area contributed by atoms with Gasteiger partial charge in [-0.2, -0.15) is 0 Å². The average molecular weight is 209 g/mol. The third-order valence-corrected chi connectivity index (χ3v) is 2.08. The fraction of sp³-hybridized carbons (Fsp3) is 0.364. The second-order valence-electron chi connectivity index (χ2n) is 3.33. The average Bonchev–Trinajstić information content (AvgIpc) is 2.24. The molecule has 1 aromatic carbocycles. The number of hydrogen-bond donors (Lipinski definition) is 2. The highest BCUT2D eigenvalue weighted by Crippen LogP contribution is 2.10. The van der Waals surface area contributed by atoms with Gasteiger partial charge in [0.05, 0.1) is 0 Å². The van der Waals surface area contributed by atoms with Crippen LogP contribution < -0.4 is 11.3 Å². The molecule has 0 unspecified atom stereocenters. The van der Waals surface area contributed by atoms with E-state index in [0.717, 1.165) is 12.0 Å². The summed E-state index contributed by atoms with van der Waals surface area (Å²) in [6.07, 6.45) is 0.930. The van der Waals surface area contributed by atoms with Gasteiger partial charge in [0, 0.05) is 12.1 Å². The van der Waals surface area contributed by atoms with E-state index < -0.39 is 0 Å². The molecule has 4 heteroatoms. The van der Waals surface area contributed by atoms with E-state index in [9.17, 15) is 4.39 Å². The van der Waals surface area contributed by atoms with Gasteiger partial charge in [-0.05, 0) is 31.0 Å². The van der Waals surface area contributed by atoms with E-state index in [4.69, 9.17) is 5.84 Å². The number of nitrogens with one attached hydrogen (secondary N) is 1. The van der Waals surface area contributed by atoms with Crippen molar-refractivity contribution in [3.8, 4) is 0 Å². The molecule has 0 bridgehead atoms. The van der Waals surface area contributed by atoms with Gasteiger partial charge in [-0.1, -0.05) is 13.0 Å². The number of halogens is 1. The number of hydrazine groups is 1. The van der Waals surface area contributed by atoms with E-state index in [1.165, 1.54) is 12.1 Å². The largest absolute Gasteiger partial charge is 0.308 e. The highest BCUT2D eigenvalue weighted by atomic mass is 19.1. The molecule has 0 saturated heterocycles. The highest BCUT2D eigenvalue weighted by Gasteiger charge is 2.06. The lowest BCUT2D eigenvalue weighted by molar-refractivity contribution is 0.627. The van der Waals surface area contributed by atoms with Gasteiger partial charge in [0.2, 0.25) is 0 Å². The molecule has 3 N–H and O–H groups in total. The van der Waals surface area contributed by atoms with Crippen LogP contribution in [-0.4, -0.2) is 12.4 Å². The van der Waals surface area contributed by atoms with Crippen molar-refractivity contribution < 1.29 is 4.39 Å². The molecule has 0 radical (unpaired) electrons. The molecule has 0 spiro atoms. The van der Waals surface area contributed by atoms with Gasteiger partial charge in [-0.3, -0.25) is 4.99 Å². The first kappa shape index (κ1) is 11.7. The summed E-state index contributed by atoms with van der Waals surface area (Å²) in [6.45, 7) is 4.60. The van der Waals surface area contributed by atoms with Crippen molar-refractivity contribution in [1.82, 2.24) is 5.43 Å². The molecule has 82 valence electrons. The fourth-order valence-electron chi connectivity index (χ4n) is 1.28. The Hall–Kier alpha value is -1.42. The molecule has 0 fully saturated rings. The Morgan fingerprint density at radius 3 is 2.87 bits per heavy atom. The van der Waals surface area contributed by atoms with Crippen LogP contribution >= 0.6 is 0 Å². The SMILES string of the molecule is CCCN=C(NN)c1cc(F)ccc1C. The van der Waals surface area contributed by atoms with Crippen LogP contribution in [0.25, 0.3) is 0 Å². The molecule has 0 saturated carbocycles. The van der Waals surface area contributed by atoms with E-state index in [1.807, 2.05) is 13.8 Å². The van der Waals surface area contributed by atoms with Crippen LogP contribution in [0.4, 0.5) is 4.39 Å². The molecule has 0 heterocycles. The molecule has 0 aliphatic heterocycles. The van der Waals surface area contributed by atoms with Gasteiger partial charge in [0.25, 0.3) is 0 Å². The van der Waals surface area contributed by atoms with Gasteiger partial charge in [0.1, 0.15) is 11.7 Å². The van der Waals surface area contributed by atoms with E-state index in [1.54, 1.807) is 6.07 Å². The molecule has 1 rings (SSSR count). The van der Waals surface area contributed by atoms with Crippen LogP contribution in [-0.2, 0) is 0 Å². The lowest BCUT2D eigenvalue weighted by atomic mass is 10.1. The minimum atomic E-state index is -0.282. The topological polar surface area (TPSA) is 50.4 Å². The summed E-state index contributed by atoms with van der Waals surface area (Å²) in [6, 6.07) is 4.57. The van der Waals surface area contributed by atoms with Crippen molar-refractivity contribution in [2.75, 3.05) is 6.54 Å². The molecule has 3 nitrogen and oxygen atoms in total. The molecular formula is C11H16FN3. The van der Waals surface area contributed by atoms with E-state index in [0.29, 0.717) is 17.9 Å².